The van der Waals surface area contributed by atoms with E-state index in [1.165, 1.54) is 6.26 Å². The SMILES string of the molecule is CCNC(=O)c1ccoc1-c1ccccc1.CNC.Cl.Cl. The molecule has 2 rings (SSSR count). The van der Waals surface area contributed by atoms with E-state index in [1.807, 2.05) is 51.4 Å². The van der Waals surface area contributed by atoms with Crippen molar-refractivity contribution < 1.29 is 9.21 Å². The standard InChI is InChI=1S/C13H13NO2.C2H7N.2ClH/c1-2-14-13(15)11-8-9-16-12(11)10-6-4-3-5-7-10;1-3-2;;/h3-9H,2H2,1H3,(H,14,15);3H,1-2H3;2*1H. The van der Waals surface area contributed by atoms with E-state index in [1.54, 1.807) is 6.07 Å². The Bertz CT molecular complexity index is 501. The Balaban J connectivity index is 0. The summed E-state index contributed by atoms with van der Waals surface area (Å²) in [6, 6.07) is 11.3. The molecule has 0 aliphatic rings. The van der Waals surface area contributed by atoms with Crippen LogP contribution in [-0.4, -0.2) is 26.5 Å². The van der Waals surface area contributed by atoms with Crippen LogP contribution in [0, 0.1) is 0 Å². The average Bonchev–Trinajstić information content (AvgIpc) is 2.90. The number of carbonyl (C=O) groups is 1. The van der Waals surface area contributed by atoms with Crippen LogP contribution >= 0.6 is 24.8 Å². The molecule has 1 aromatic heterocycles. The predicted octanol–water partition coefficient (Wildman–Crippen LogP) is 3.38. The summed E-state index contributed by atoms with van der Waals surface area (Å²) in [6.45, 7) is 2.50. The van der Waals surface area contributed by atoms with Gasteiger partial charge >= 0.3 is 0 Å². The first-order chi connectivity index (χ1) is 9.24. The molecule has 0 unspecified atom stereocenters. The second-order valence-corrected chi connectivity index (χ2v) is 3.89. The fourth-order valence-corrected chi connectivity index (χ4v) is 1.56. The van der Waals surface area contributed by atoms with Crippen molar-refractivity contribution in [1.29, 1.82) is 0 Å². The second-order valence-electron chi connectivity index (χ2n) is 3.89. The fraction of sp³-hybridized carbons (Fsp3) is 0.267. The van der Waals surface area contributed by atoms with Crippen LogP contribution in [0.15, 0.2) is 47.1 Å². The van der Waals surface area contributed by atoms with Gasteiger partial charge in [0.1, 0.15) is 5.76 Å². The second kappa shape index (κ2) is 12.3. The maximum absolute atomic E-state index is 11.7. The molecule has 4 nitrogen and oxygen atoms in total. The number of hydrogen-bond donors (Lipinski definition) is 2. The molecule has 0 bridgehead atoms. The van der Waals surface area contributed by atoms with E-state index in [0.717, 1.165) is 5.56 Å². The van der Waals surface area contributed by atoms with Gasteiger partial charge in [0.05, 0.1) is 11.8 Å². The van der Waals surface area contributed by atoms with Crippen molar-refractivity contribution in [2.24, 2.45) is 0 Å². The summed E-state index contributed by atoms with van der Waals surface area (Å²) in [6.07, 6.45) is 1.53. The Morgan fingerprint density at radius 3 is 2.19 bits per heavy atom. The molecule has 118 valence electrons. The number of rotatable bonds is 3. The van der Waals surface area contributed by atoms with Gasteiger partial charge in [-0.25, -0.2) is 0 Å². The maximum atomic E-state index is 11.7. The van der Waals surface area contributed by atoms with Gasteiger partial charge in [-0.3, -0.25) is 4.79 Å². The summed E-state index contributed by atoms with van der Waals surface area (Å²) < 4.78 is 5.36. The third-order valence-electron chi connectivity index (χ3n) is 2.28. The lowest BCUT2D eigenvalue weighted by atomic mass is 10.1. The van der Waals surface area contributed by atoms with Gasteiger partial charge in [-0.1, -0.05) is 30.3 Å². The van der Waals surface area contributed by atoms with E-state index in [9.17, 15) is 4.79 Å². The Hall–Kier alpha value is -1.49. The highest BCUT2D eigenvalue weighted by Gasteiger charge is 2.14. The van der Waals surface area contributed by atoms with Gasteiger partial charge < -0.3 is 15.1 Å². The molecule has 0 aliphatic heterocycles. The lowest BCUT2D eigenvalue weighted by Crippen LogP contribution is -2.22. The van der Waals surface area contributed by atoms with E-state index in [2.05, 4.69) is 10.6 Å². The van der Waals surface area contributed by atoms with Gasteiger partial charge in [0.2, 0.25) is 0 Å². The summed E-state index contributed by atoms with van der Waals surface area (Å²) in [5, 5.41) is 5.51. The molecule has 0 spiro atoms. The number of furan rings is 1. The van der Waals surface area contributed by atoms with E-state index < -0.39 is 0 Å². The van der Waals surface area contributed by atoms with Crippen LogP contribution in [-0.2, 0) is 0 Å². The van der Waals surface area contributed by atoms with Crippen molar-refractivity contribution in [1.82, 2.24) is 10.6 Å². The zero-order chi connectivity index (χ0) is 14.1. The van der Waals surface area contributed by atoms with Gasteiger partial charge in [-0.05, 0) is 27.1 Å². The van der Waals surface area contributed by atoms with Crippen molar-refractivity contribution in [3.05, 3.63) is 48.2 Å². The summed E-state index contributed by atoms with van der Waals surface area (Å²) in [4.78, 5) is 11.7. The molecule has 1 heterocycles. The summed E-state index contributed by atoms with van der Waals surface area (Å²) in [5.41, 5.74) is 1.49. The van der Waals surface area contributed by atoms with Crippen LogP contribution in [0.3, 0.4) is 0 Å². The number of amides is 1. The minimum absolute atomic E-state index is 0. The third-order valence-corrected chi connectivity index (χ3v) is 2.28. The number of benzene rings is 1. The van der Waals surface area contributed by atoms with E-state index in [4.69, 9.17) is 4.42 Å². The van der Waals surface area contributed by atoms with Crippen LogP contribution in [0.25, 0.3) is 11.3 Å². The summed E-state index contributed by atoms with van der Waals surface area (Å²) in [5.74, 6) is 0.515. The third kappa shape index (κ3) is 6.67. The van der Waals surface area contributed by atoms with Crippen molar-refractivity contribution in [2.75, 3.05) is 20.6 Å². The molecule has 1 amide bonds. The van der Waals surface area contributed by atoms with Crippen LogP contribution < -0.4 is 10.6 Å². The van der Waals surface area contributed by atoms with Gasteiger partial charge in [0.25, 0.3) is 5.91 Å². The quantitative estimate of drug-likeness (QED) is 0.905. The van der Waals surface area contributed by atoms with Crippen molar-refractivity contribution in [3.63, 3.8) is 0 Å². The van der Waals surface area contributed by atoms with Gasteiger partial charge in [0.15, 0.2) is 0 Å². The molecule has 0 radical (unpaired) electrons. The molecule has 0 saturated heterocycles. The molecule has 0 saturated carbocycles. The van der Waals surface area contributed by atoms with Crippen molar-refractivity contribution in [3.8, 4) is 11.3 Å². The molecular weight excluding hydrogens is 311 g/mol. The van der Waals surface area contributed by atoms with E-state index >= 15 is 0 Å². The fourth-order valence-electron chi connectivity index (χ4n) is 1.56. The van der Waals surface area contributed by atoms with Crippen molar-refractivity contribution in [2.45, 2.75) is 6.92 Å². The number of carbonyl (C=O) groups excluding carboxylic acids is 1. The molecule has 1 aromatic carbocycles. The molecule has 21 heavy (non-hydrogen) atoms. The number of halogens is 2. The molecule has 2 N–H and O–H groups in total. The van der Waals surface area contributed by atoms with Gasteiger partial charge in [-0.2, -0.15) is 0 Å². The predicted molar refractivity (Wildman–Crippen MR) is 91.6 cm³/mol. The molecule has 2 aromatic rings. The first-order valence-electron chi connectivity index (χ1n) is 6.24. The Kier molecular flexibility index (Phi) is 12.7. The lowest BCUT2D eigenvalue weighted by molar-refractivity contribution is 0.0956. The highest BCUT2D eigenvalue weighted by atomic mass is 35.5. The monoisotopic (exact) mass is 332 g/mol. The Morgan fingerprint density at radius 2 is 1.67 bits per heavy atom. The summed E-state index contributed by atoms with van der Waals surface area (Å²) >= 11 is 0. The van der Waals surface area contributed by atoms with Crippen LogP contribution in [0.4, 0.5) is 0 Å². The number of nitrogens with one attached hydrogen (secondary N) is 2. The zero-order valence-corrected chi connectivity index (χ0v) is 14.0. The minimum Gasteiger partial charge on any atom is -0.464 e. The normalized spacial score (nSPS) is 8.52. The zero-order valence-electron chi connectivity index (χ0n) is 12.4. The molecule has 0 fully saturated rings. The Morgan fingerprint density at radius 1 is 1.10 bits per heavy atom. The molecular formula is C15H22Cl2N2O2. The summed E-state index contributed by atoms with van der Waals surface area (Å²) in [7, 11) is 3.75. The molecule has 6 heteroatoms. The topological polar surface area (TPSA) is 54.3 Å². The highest BCUT2D eigenvalue weighted by molar-refractivity contribution is 5.99. The first-order valence-corrected chi connectivity index (χ1v) is 6.24. The van der Waals surface area contributed by atoms with E-state index in [-0.39, 0.29) is 30.7 Å². The van der Waals surface area contributed by atoms with E-state index in [0.29, 0.717) is 17.9 Å². The number of hydrogen-bond acceptors (Lipinski definition) is 3. The molecule has 0 atom stereocenters. The van der Waals surface area contributed by atoms with Gasteiger partial charge in [0, 0.05) is 12.1 Å². The lowest BCUT2D eigenvalue weighted by Gasteiger charge is -2.02. The largest absolute Gasteiger partial charge is 0.464 e. The van der Waals surface area contributed by atoms with Crippen LogP contribution in [0.5, 0.6) is 0 Å². The Labute approximate surface area is 138 Å². The highest BCUT2D eigenvalue weighted by Crippen LogP contribution is 2.24. The van der Waals surface area contributed by atoms with Gasteiger partial charge in [-0.15, -0.1) is 24.8 Å². The molecule has 0 aliphatic carbocycles. The average molecular weight is 333 g/mol. The minimum atomic E-state index is -0.102. The van der Waals surface area contributed by atoms with Crippen LogP contribution in [0.2, 0.25) is 0 Å². The van der Waals surface area contributed by atoms with Crippen LogP contribution in [0.1, 0.15) is 17.3 Å². The van der Waals surface area contributed by atoms with Crippen molar-refractivity contribution >= 4 is 30.7 Å². The maximum Gasteiger partial charge on any atom is 0.255 e. The first kappa shape index (κ1) is 21.8. The smallest absolute Gasteiger partial charge is 0.255 e.